The number of thioether (sulfide) groups is 1. The molecule has 2 aliphatic rings. The van der Waals surface area contributed by atoms with E-state index in [1.807, 2.05) is 0 Å². The minimum absolute atomic E-state index is 0.129. The molecule has 1 atom stereocenters. The van der Waals surface area contributed by atoms with Gasteiger partial charge in [-0.05, 0) is 51.0 Å². The van der Waals surface area contributed by atoms with E-state index in [4.69, 9.17) is 10.5 Å². The number of nitrogen functional groups attached to an aromatic ring is 1. The van der Waals surface area contributed by atoms with Crippen molar-refractivity contribution >= 4 is 40.9 Å². The Labute approximate surface area is 160 Å². The quantitative estimate of drug-likeness (QED) is 0.470. The molecule has 1 aromatic carbocycles. The van der Waals surface area contributed by atoms with Crippen LogP contribution >= 0.6 is 11.8 Å². The number of imide groups is 1. The minimum atomic E-state index is -0.787. The highest BCUT2D eigenvalue weighted by molar-refractivity contribution is 7.99. The van der Waals surface area contributed by atoms with E-state index in [0.717, 1.165) is 23.8 Å². The molecule has 27 heavy (non-hydrogen) atoms. The van der Waals surface area contributed by atoms with Gasteiger partial charge in [-0.1, -0.05) is 0 Å². The Balaban J connectivity index is 1.97. The highest BCUT2D eigenvalue weighted by Gasteiger charge is 2.41. The fourth-order valence-electron chi connectivity index (χ4n) is 3.52. The summed E-state index contributed by atoms with van der Waals surface area (Å²) in [6.07, 6.45) is 4.43. The van der Waals surface area contributed by atoms with Crippen LogP contribution < -0.4 is 10.6 Å². The van der Waals surface area contributed by atoms with Crippen LogP contribution in [0, 0.1) is 5.82 Å². The lowest BCUT2D eigenvalue weighted by atomic mass is 9.93. The largest absolute Gasteiger partial charge is 0.465 e. The summed E-state index contributed by atoms with van der Waals surface area (Å²) in [7, 11) is 0. The van der Waals surface area contributed by atoms with Gasteiger partial charge in [0.15, 0.2) is 0 Å². The van der Waals surface area contributed by atoms with Crippen LogP contribution in [0.3, 0.4) is 0 Å². The zero-order valence-electron chi connectivity index (χ0n) is 15.2. The normalized spacial score (nSPS) is 18.0. The van der Waals surface area contributed by atoms with Gasteiger partial charge in [0.2, 0.25) is 0 Å². The summed E-state index contributed by atoms with van der Waals surface area (Å²) in [5.41, 5.74) is 7.22. The average molecular weight is 392 g/mol. The van der Waals surface area contributed by atoms with Crippen molar-refractivity contribution in [2.24, 2.45) is 0 Å². The van der Waals surface area contributed by atoms with Crippen molar-refractivity contribution in [3.05, 3.63) is 34.7 Å². The molecular weight excluding hydrogens is 371 g/mol. The molecule has 6 nitrogen and oxygen atoms in total. The van der Waals surface area contributed by atoms with Crippen molar-refractivity contribution in [1.29, 1.82) is 0 Å². The molecule has 0 fully saturated rings. The van der Waals surface area contributed by atoms with Crippen LogP contribution in [0.5, 0.6) is 0 Å². The van der Waals surface area contributed by atoms with E-state index in [1.54, 1.807) is 13.2 Å². The summed E-state index contributed by atoms with van der Waals surface area (Å²) < 4.78 is 19.9. The van der Waals surface area contributed by atoms with Gasteiger partial charge < -0.3 is 10.5 Å². The Morgan fingerprint density at radius 3 is 2.37 bits per heavy atom. The molecule has 1 aliphatic heterocycles. The van der Waals surface area contributed by atoms with E-state index in [-0.39, 0.29) is 23.5 Å². The summed E-state index contributed by atoms with van der Waals surface area (Å²) in [6.45, 7) is 1.88. The molecule has 144 valence electrons. The van der Waals surface area contributed by atoms with Crippen LogP contribution in [0.1, 0.15) is 43.4 Å². The summed E-state index contributed by atoms with van der Waals surface area (Å²) in [5.74, 6) is -2.25. The van der Waals surface area contributed by atoms with E-state index < -0.39 is 28.9 Å². The van der Waals surface area contributed by atoms with Gasteiger partial charge in [0, 0.05) is 22.4 Å². The molecule has 2 amide bonds. The number of esters is 1. The van der Waals surface area contributed by atoms with E-state index in [0.29, 0.717) is 24.0 Å². The molecule has 1 aromatic rings. The number of rotatable bonds is 5. The summed E-state index contributed by atoms with van der Waals surface area (Å²) >= 11 is 1.17. The van der Waals surface area contributed by atoms with Gasteiger partial charge in [0.1, 0.15) is 11.1 Å². The number of hydrogen-bond acceptors (Lipinski definition) is 6. The molecule has 1 aliphatic carbocycles. The van der Waals surface area contributed by atoms with Crippen LogP contribution in [0.25, 0.3) is 0 Å². The first-order chi connectivity index (χ1) is 12.9. The predicted octanol–water partition coefficient (Wildman–Crippen LogP) is 3.12. The lowest BCUT2D eigenvalue weighted by Gasteiger charge is -2.20. The maximum absolute atomic E-state index is 14.9. The first-order valence-electron chi connectivity index (χ1n) is 8.79. The van der Waals surface area contributed by atoms with Gasteiger partial charge in [-0.2, -0.15) is 0 Å². The fourth-order valence-corrected chi connectivity index (χ4v) is 4.24. The molecular formula is C19H21FN2O4S. The highest BCUT2D eigenvalue weighted by Crippen LogP contribution is 2.40. The Hall–Kier alpha value is -2.35. The van der Waals surface area contributed by atoms with Crippen LogP contribution in [-0.2, 0) is 19.1 Å². The molecule has 0 saturated carbocycles. The molecule has 1 unspecified atom stereocenters. The number of carbonyl (C=O) groups is 3. The lowest BCUT2D eigenvalue weighted by Crippen LogP contribution is -2.32. The van der Waals surface area contributed by atoms with Crippen molar-refractivity contribution in [3.8, 4) is 0 Å². The summed E-state index contributed by atoms with van der Waals surface area (Å²) in [6, 6.07) is 2.36. The zero-order chi connectivity index (χ0) is 19.7. The molecule has 1 heterocycles. The second-order valence-electron chi connectivity index (χ2n) is 6.41. The second kappa shape index (κ2) is 7.72. The van der Waals surface area contributed by atoms with E-state index in [9.17, 15) is 18.8 Å². The smallest absolute Gasteiger partial charge is 0.323 e. The third-order valence-corrected chi connectivity index (χ3v) is 5.72. The van der Waals surface area contributed by atoms with Crippen LogP contribution in [0.2, 0.25) is 0 Å². The first-order valence-corrected chi connectivity index (χ1v) is 10.1. The van der Waals surface area contributed by atoms with Crippen molar-refractivity contribution in [2.75, 3.05) is 23.5 Å². The van der Waals surface area contributed by atoms with Gasteiger partial charge in [-0.25, -0.2) is 9.29 Å². The Kier molecular flexibility index (Phi) is 5.55. The summed E-state index contributed by atoms with van der Waals surface area (Å²) in [5, 5.41) is -0.787. The minimum Gasteiger partial charge on any atom is -0.465 e. The van der Waals surface area contributed by atoms with Crippen LogP contribution in [-0.4, -0.2) is 30.6 Å². The van der Waals surface area contributed by atoms with Crippen LogP contribution in [0.15, 0.2) is 23.3 Å². The third-order valence-electron chi connectivity index (χ3n) is 4.80. The number of nitrogens with two attached hydrogens (primary N) is 1. The maximum atomic E-state index is 14.9. The van der Waals surface area contributed by atoms with Crippen molar-refractivity contribution in [1.82, 2.24) is 0 Å². The van der Waals surface area contributed by atoms with Crippen LogP contribution in [0.4, 0.5) is 15.8 Å². The molecule has 3 rings (SSSR count). The van der Waals surface area contributed by atoms with E-state index in [2.05, 4.69) is 0 Å². The van der Waals surface area contributed by atoms with E-state index >= 15 is 0 Å². The Morgan fingerprint density at radius 1 is 1.26 bits per heavy atom. The van der Waals surface area contributed by atoms with Gasteiger partial charge in [-0.3, -0.25) is 14.4 Å². The number of anilines is 2. The third kappa shape index (κ3) is 3.34. The number of amides is 2. The summed E-state index contributed by atoms with van der Waals surface area (Å²) in [4.78, 5) is 38.3. The van der Waals surface area contributed by atoms with E-state index in [1.165, 1.54) is 17.8 Å². The average Bonchev–Trinajstić information content (AvgIpc) is 2.90. The first kappa shape index (κ1) is 19.4. The topological polar surface area (TPSA) is 89.7 Å². The fraction of sp³-hybridized carbons (Fsp3) is 0.421. The SMILES string of the molecule is CCOC(=O)C(SC)c1cc(F)c(N2C(=O)C3=C(CCCC3)C2=O)cc1N. The molecule has 0 aromatic heterocycles. The number of hydrogen-bond donors (Lipinski definition) is 1. The number of ether oxygens (including phenoxy) is 1. The number of carbonyl (C=O) groups excluding carboxylic acids is 3. The van der Waals surface area contributed by atoms with Gasteiger partial charge in [-0.15, -0.1) is 11.8 Å². The van der Waals surface area contributed by atoms with Gasteiger partial charge in [0.05, 0.1) is 12.3 Å². The maximum Gasteiger partial charge on any atom is 0.323 e. The molecule has 0 radical (unpaired) electrons. The lowest BCUT2D eigenvalue weighted by molar-refractivity contribution is -0.142. The zero-order valence-corrected chi connectivity index (χ0v) is 16.0. The van der Waals surface area contributed by atoms with Crippen molar-refractivity contribution < 1.29 is 23.5 Å². The molecule has 8 heteroatoms. The molecule has 2 N–H and O–H groups in total. The van der Waals surface area contributed by atoms with Crippen molar-refractivity contribution in [3.63, 3.8) is 0 Å². The number of nitrogens with zero attached hydrogens (tertiary/aromatic N) is 1. The molecule has 0 spiro atoms. The Morgan fingerprint density at radius 2 is 1.85 bits per heavy atom. The second-order valence-corrected chi connectivity index (χ2v) is 7.35. The van der Waals surface area contributed by atoms with Gasteiger partial charge in [0.25, 0.3) is 11.8 Å². The monoisotopic (exact) mass is 392 g/mol. The van der Waals surface area contributed by atoms with Crippen molar-refractivity contribution in [2.45, 2.75) is 37.9 Å². The predicted molar refractivity (Wildman–Crippen MR) is 102 cm³/mol. The number of benzene rings is 1. The highest BCUT2D eigenvalue weighted by atomic mass is 32.2. The standard InChI is InChI=1S/C19H21FN2O4S/c1-3-26-19(25)16(27-2)12-8-13(20)15(9-14(12)21)22-17(23)10-6-4-5-7-11(10)18(22)24/h8-9,16H,3-7,21H2,1-2H3. The molecule has 0 bridgehead atoms. The number of halogens is 1. The van der Waals surface area contributed by atoms with Gasteiger partial charge >= 0.3 is 5.97 Å². The molecule has 0 saturated heterocycles. The Bertz CT molecular complexity index is 824.